The number of hydrogen-bond acceptors (Lipinski definition) is 4. The molecule has 4 heteroatoms. The van der Waals surface area contributed by atoms with Gasteiger partial charge in [0.25, 0.3) is 0 Å². The van der Waals surface area contributed by atoms with Crippen molar-refractivity contribution in [1.82, 2.24) is 10.2 Å². The predicted octanol–water partition coefficient (Wildman–Crippen LogP) is 1.71. The van der Waals surface area contributed by atoms with Crippen LogP contribution in [0.1, 0.15) is 23.3 Å². The summed E-state index contributed by atoms with van der Waals surface area (Å²) in [4.78, 5) is 3.81. The standard InChI is InChI=1S/C13H17N3S/c14-10-13(16-7-5-15-6-8-16)4-1-2-12-11(13)3-9-17-12/h3,9,15H,1-2,4-8H2. The second-order valence-electron chi connectivity index (χ2n) is 4.82. The lowest BCUT2D eigenvalue weighted by Crippen LogP contribution is -2.54. The predicted molar refractivity (Wildman–Crippen MR) is 69.0 cm³/mol. The number of nitriles is 1. The second-order valence-corrected chi connectivity index (χ2v) is 5.82. The van der Waals surface area contributed by atoms with Crippen molar-refractivity contribution in [1.29, 1.82) is 5.26 Å². The topological polar surface area (TPSA) is 39.1 Å². The van der Waals surface area contributed by atoms with Gasteiger partial charge in [-0.05, 0) is 30.7 Å². The van der Waals surface area contributed by atoms with Crippen molar-refractivity contribution in [2.75, 3.05) is 26.2 Å². The fourth-order valence-corrected chi connectivity index (χ4v) is 4.10. The molecule has 0 saturated carbocycles. The Morgan fingerprint density at radius 2 is 2.24 bits per heavy atom. The quantitative estimate of drug-likeness (QED) is 0.821. The SMILES string of the molecule is N#CC1(N2CCNCC2)CCCc2sccc21. The van der Waals surface area contributed by atoms with E-state index in [1.807, 2.05) is 11.3 Å². The van der Waals surface area contributed by atoms with Crippen LogP contribution in [0.25, 0.3) is 0 Å². The summed E-state index contributed by atoms with van der Waals surface area (Å²) < 4.78 is 0. The summed E-state index contributed by atoms with van der Waals surface area (Å²) in [6, 6.07) is 4.81. The van der Waals surface area contributed by atoms with Gasteiger partial charge in [0.15, 0.2) is 0 Å². The first-order chi connectivity index (χ1) is 8.37. The van der Waals surface area contributed by atoms with Crippen LogP contribution in [-0.4, -0.2) is 31.1 Å². The first-order valence-electron chi connectivity index (χ1n) is 6.31. The zero-order valence-electron chi connectivity index (χ0n) is 9.91. The molecule has 2 heterocycles. The van der Waals surface area contributed by atoms with E-state index >= 15 is 0 Å². The number of rotatable bonds is 1. The third kappa shape index (κ3) is 1.70. The Kier molecular flexibility index (Phi) is 2.91. The van der Waals surface area contributed by atoms with Gasteiger partial charge in [0, 0.05) is 36.6 Å². The van der Waals surface area contributed by atoms with Crippen molar-refractivity contribution in [2.24, 2.45) is 0 Å². The van der Waals surface area contributed by atoms with Gasteiger partial charge in [-0.1, -0.05) is 0 Å². The van der Waals surface area contributed by atoms with Crippen LogP contribution in [0.2, 0.25) is 0 Å². The molecule has 1 fully saturated rings. The largest absolute Gasteiger partial charge is 0.314 e. The van der Waals surface area contributed by atoms with Gasteiger partial charge in [-0.3, -0.25) is 4.90 Å². The highest BCUT2D eigenvalue weighted by Gasteiger charge is 2.42. The molecule has 3 rings (SSSR count). The number of hydrogen-bond donors (Lipinski definition) is 1. The number of nitrogens with zero attached hydrogens (tertiary/aromatic N) is 2. The highest BCUT2D eigenvalue weighted by Crippen LogP contribution is 2.42. The number of nitrogens with one attached hydrogen (secondary N) is 1. The van der Waals surface area contributed by atoms with Gasteiger partial charge < -0.3 is 5.32 Å². The second kappa shape index (κ2) is 4.41. The molecule has 0 aromatic carbocycles. The highest BCUT2D eigenvalue weighted by atomic mass is 32.1. The Labute approximate surface area is 106 Å². The fraction of sp³-hybridized carbons (Fsp3) is 0.615. The van der Waals surface area contributed by atoms with E-state index in [1.54, 1.807) is 0 Å². The van der Waals surface area contributed by atoms with Gasteiger partial charge in [-0.15, -0.1) is 11.3 Å². The molecule has 3 nitrogen and oxygen atoms in total. The first kappa shape index (κ1) is 11.2. The van der Waals surface area contributed by atoms with E-state index in [0.717, 1.165) is 45.4 Å². The van der Waals surface area contributed by atoms with Gasteiger partial charge in [0.2, 0.25) is 0 Å². The third-order valence-electron chi connectivity index (χ3n) is 3.98. The molecule has 1 atom stereocenters. The van der Waals surface area contributed by atoms with Crippen molar-refractivity contribution >= 4 is 11.3 Å². The van der Waals surface area contributed by atoms with Crippen LogP contribution in [0.3, 0.4) is 0 Å². The maximum atomic E-state index is 9.75. The van der Waals surface area contributed by atoms with Crippen molar-refractivity contribution < 1.29 is 0 Å². The lowest BCUT2D eigenvalue weighted by molar-refractivity contribution is 0.102. The normalized spacial score (nSPS) is 29.6. The molecule has 1 saturated heterocycles. The Bertz CT molecular complexity index is 442. The summed E-state index contributed by atoms with van der Waals surface area (Å²) in [5.74, 6) is 0. The first-order valence-corrected chi connectivity index (χ1v) is 7.19. The molecule has 2 aliphatic rings. The Morgan fingerprint density at radius 1 is 1.41 bits per heavy atom. The van der Waals surface area contributed by atoms with Crippen LogP contribution in [0.4, 0.5) is 0 Å². The Balaban J connectivity index is 2.01. The van der Waals surface area contributed by atoms with Gasteiger partial charge in [-0.25, -0.2) is 0 Å². The van der Waals surface area contributed by atoms with Crippen LogP contribution >= 0.6 is 11.3 Å². The summed E-state index contributed by atoms with van der Waals surface area (Å²) in [7, 11) is 0. The smallest absolute Gasteiger partial charge is 0.135 e. The molecule has 1 aromatic heterocycles. The minimum atomic E-state index is -0.338. The minimum Gasteiger partial charge on any atom is -0.314 e. The Morgan fingerprint density at radius 3 is 3.00 bits per heavy atom. The maximum absolute atomic E-state index is 9.75. The molecule has 90 valence electrons. The molecule has 1 N–H and O–H groups in total. The molecule has 1 aliphatic heterocycles. The molecule has 17 heavy (non-hydrogen) atoms. The zero-order valence-corrected chi connectivity index (χ0v) is 10.7. The molecule has 1 aliphatic carbocycles. The van der Waals surface area contributed by atoms with E-state index in [0.29, 0.717) is 0 Å². The lowest BCUT2D eigenvalue weighted by Gasteiger charge is -2.43. The molecule has 0 radical (unpaired) electrons. The average Bonchev–Trinajstić information content (AvgIpc) is 2.88. The summed E-state index contributed by atoms with van der Waals surface area (Å²) in [5, 5.41) is 15.3. The van der Waals surface area contributed by atoms with Crippen LogP contribution in [-0.2, 0) is 12.0 Å². The number of fused-ring (bicyclic) bond motifs is 1. The van der Waals surface area contributed by atoms with E-state index in [9.17, 15) is 5.26 Å². The zero-order chi connectivity index (χ0) is 11.7. The molecular formula is C13H17N3S. The monoisotopic (exact) mass is 247 g/mol. The van der Waals surface area contributed by atoms with E-state index in [2.05, 4.69) is 27.7 Å². The fourth-order valence-electron chi connectivity index (χ4n) is 3.10. The van der Waals surface area contributed by atoms with E-state index in [-0.39, 0.29) is 5.54 Å². The van der Waals surface area contributed by atoms with E-state index < -0.39 is 0 Å². The van der Waals surface area contributed by atoms with Crippen molar-refractivity contribution in [3.8, 4) is 6.07 Å². The van der Waals surface area contributed by atoms with Crippen LogP contribution in [0, 0.1) is 11.3 Å². The van der Waals surface area contributed by atoms with E-state index in [4.69, 9.17) is 0 Å². The van der Waals surface area contributed by atoms with Crippen LogP contribution < -0.4 is 5.32 Å². The van der Waals surface area contributed by atoms with Crippen LogP contribution in [0.5, 0.6) is 0 Å². The third-order valence-corrected chi connectivity index (χ3v) is 4.96. The van der Waals surface area contributed by atoms with Crippen molar-refractivity contribution in [2.45, 2.75) is 24.8 Å². The summed E-state index contributed by atoms with van der Waals surface area (Å²) in [5.41, 5.74) is 0.952. The van der Waals surface area contributed by atoms with Gasteiger partial charge in [-0.2, -0.15) is 5.26 Å². The number of piperazine rings is 1. The highest BCUT2D eigenvalue weighted by molar-refractivity contribution is 7.10. The summed E-state index contributed by atoms with van der Waals surface area (Å²) in [6.07, 6.45) is 3.29. The summed E-state index contributed by atoms with van der Waals surface area (Å²) in [6.45, 7) is 3.98. The van der Waals surface area contributed by atoms with Gasteiger partial charge >= 0.3 is 0 Å². The molecule has 0 bridgehead atoms. The number of thiophene rings is 1. The number of aryl methyl sites for hydroxylation is 1. The molecular weight excluding hydrogens is 230 g/mol. The Hall–Kier alpha value is -0.890. The average molecular weight is 247 g/mol. The molecule has 0 spiro atoms. The van der Waals surface area contributed by atoms with Crippen molar-refractivity contribution in [3.63, 3.8) is 0 Å². The van der Waals surface area contributed by atoms with Gasteiger partial charge in [0.05, 0.1) is 6.07 Å². The molecule has 1 unspecified atom stereocenters. The maximum Gasteiger partial charge on any atom is 0.135 e. The minimum absolute atomic E-state index is 0.338. The molecule has 0 amide bonds. The van der Waals surface area contributed by atoms with Gasteiger partial charge in [0.1, 0.15) is 5.54 Å². The summed E-state index contributed by atoms with van der Waals surface area (Å²) >= 11 is 1.81. The van der Waals surface area contributed by atoms with Crippen LogP contribution in [0.15, 0.2) is 11.4 Å². The van der Waals surface area contributed by atoms with E-state index in [1.165, 1.54) is 10.4 Å². The lowest BCUT2D eigenvalue weighted by atomic mass is 9.79. The molecule has 1 aromatic rings. The van der Waals surface area contributed by atoms with Crippen molar-refractivity contribution in [3.05, 3.63) is 21.9 Å².